The van der Waals surface area contributed by atoms with Crippen LogP contribution < -0.4 is 10.1 Å². The summed E-state index contributed by atoms with van der Waals surface area (Å²) >= 11 is 1.09. The summed E-state index contributed by atoms with van der Waals surface area (Å²) in [4.78, 5) is 2.33. The zero-order valence-corrected chi connectivity index (χ0v) is 11.8. The summed E-state index contributed by atoms with van der Waals surface area (Å²) in [5.41, 5.74) is 0. The predicted molar refractivity (Wildman–Crippen MR) is 72.1 cm³/mol. The fourth-order valence-corrected chi connectivity index (χ4v) is 1.87. The Morgan fingerprint density at radius 1 is 1.50 bits per heavy atom. The van der Waals surface area contributed by atoms with Crippen molar-refractivity contribution in [3.05, 3.63) is 6.20 Å². The first-order chi connectivity index (χ1) is 8.76. The first kappa shape index (κ1) is 15.3. The first-order valence-corrected chi connectivity index (χ1v) is 7.00. The van der Waals surface area contributed by atoms with Crippen LogP contribution in [0.25, 0.3) is 0 Å². The maximum atomic E-state index is 9.68. The number of hydrogen-bond donors (Lipinski definition) is 2. The Morgan fingerprint density at radius 3 is 2.89 bits per heavy atom. The molecule has 0 aliphatic heterocycles. The average Bonchev–Trinajstić information content (AvgIpc) is 2.90. The Morgan fingerprint density at radius 2 is 2.28 bits per heavy atom. The van der Waals surface area contributed by atoms with Crippen LogP contribution in [0.2, 0.25) is 0 Å². The smallest absolute Gasteiger partial charge is 0.245 e. The number of aromatic nitrogens is 2. The molecule has 7 heteroatoms. The molecule has 1 unspecified atom stereocenters. The molecule has 0 spiro atoms. The van der Waals surface area contributed by atoms with Gasteiger partial charge in [0.15, 0.2) is 0 Å². The molecule has 6 nitrogen and oxygen atoms in total. The molecule has 0 saturated carbocycles. The molecule has 0 bridgehead atoms. The fourth-order valence-electron chi connectivity index (χ4n) is 1.51. The third-order valence-corrected chi connectivity index (χ3v) is 3.11. The second-order valence-corrected chi connectivity index (χ2v) is 4.50. The molecule has 0 aromatic carbocycles. The molecule has 1 rings (SSSR count). The van der Waals surface area contributed by atoms with E-state index in [0.717, 1.165) is 37.9 Å². The SMILES string of the molecule is CCN(CC)CCNCC(O)COc1cnsn1. The van der Waals surface area contributed by atoms with Crippen LogP contribution in [0, 0.1) is 0 Å². The number of hydrogen-bond acceptors (Lipinski definition) is 7. The van der Waals surface area contributed by atoms with Crippen molar-refractivity contribution in [2.75, 3.05) is 39.3 Å². The Balaban J connectivity index is 2.01. The van der Waals surface area contributed by atoms with Crippen molar-refractivity contribution in [1.82, 2.24) is 19.0 Å². The molecule has 2 N–H and O–H groups in total. The molecular formula is C11H22N4O2S. The number of aliphatic hydroxyl groups excluding tert-OH is 1. The van der Waals surface area contributed by atoms with Gasteiger partial charge in [0.1, 0.15) is 18.9 Å². The standard InChI is InChI=1S/C11H22N4O2S/c1-3-15(4-2)6-5-12-7-10(16)9-17-11-8-13-18-14-11/h8,10,12,16H,3-7,9H2,1-2H3. The summed E-state index contributed by atoms with van der Waals surface area (Å²) in [6.07, 6.45) is 1.02. The van der Waals surface area contributed by atoms with Crippen LogP contribution in [0.5, 0.6) is 5.88 Å². The molecule has 1 aromatic heterocycles. The lowest BCUT2D eigenvalue weighted by molar-refractivity contribution is 0.104. The lowest BCUT2D eigenvalue weighted by Crippen LogP contribution is -2.37. The molecule has 1 aromatic rings. The van der Waals surface area contributed by atoms with E-state index in [1.54, 1.807) is 6.20 Å². The molecular weight excluding hydrogens is 252 g/mol. The van der Waals surface area contributed by atoms with E-state index in [2.05, 4.69) is 32.8 Å². The average molecular weight is 274 g/mol. The van der Waals surface area contributed by atoms with Gasteiger partial charge >= 0.3 is 0 Å². The van der Waals surface area contributed by atoms with Crippen molar-refractivity contribution >= 4 is 11.7 Å². The van der Waals surface area contributed by atoms with Gasteiger partial charge in [0.05, 0.1) is 11.7 Å². The van der Waals surface area contributed by atoms with Crippen molar-refractivity contribution in [3.63, 3.8) is 0 Å². The summed E-state index contributed by atoms with van der Waals surface area (Å²) in [7, 11) is 0. The molecule has 0 aliphatic rings. The highest BCUT2D eigenvalue weighted by atomic mass is 32.1. The fraction of sp³-hybridized carbons (Fsp3) is 0.818. The monoisotopic (exact) mass is 274 g/mol. The minimum absolute atomic E-state index is 0.240. The van der Waals surface area contributed by atoms with Gasteiger partial charge in [-0.2, -0.15) is 4.37 Å². The van der Waals surface area contributed by atoms with Crippen LogP contribution in [0.4, 0.5) is 0 Å². The van der Waals surface area contributed by atoms with Crippen molar-refractivity contribution in [2.24, 2.45) is 0 Å². The topological polar surface area (TPSA) is 70.5 Å². The molecule has 104 valence electrons. The van der Waals surface area contributed by atoms with Crippen molar-refractivity contribution < 1.29 is 9.84 Å². The molecule has 1 atom stereocenters. The number of aliphatic hydroxyl groups is 1. The number of ether oxygens (including phenoxy) is 1. The third-order valence-electron chi connectivity index (χ3n) is 2.64. The van der Waals surface area contributed by atoms with Crippen molar-refractivity contribution in [3.8, 4) is 5.88 Å². The van der Waals surface area contributed by atoms with E-state index < -0.39 is 6.10 Å². The normalized spacial score (nSPS) is 12.9. The van der Waals surface area contributed by atoms with Crippen molar-refractivity contribution in [2.45, 2.75) is 20.0 Å². The maximum Gasteiger partial charge on any atom is 0.245 e. The molecule has 18 heavy (non-hydrogen) atoms. The molecule has 0 saturated heterocycles. The quantitative estimate of drug-likeness (QED) is 0.594. The zero-order valence-electron chi connectivity index (χ0n) is 11.0. The minimum atomic E-state index is -0.525. The van der Waals surface area contributed by atoms with Crippen LogP contribution in [0.1, 0.15) is 13.8 Å². The zero-order chi connectivity index (χ0) is 13.2. The van der Waals surface area contributed by atoms with Crippen LogP contribution >= 0.6 is 11.7 Å². The first-order valence-electron chi connectivity index (χ1n) is 6.27. The van der Waals surface area contributed by atoms with Gasteiger partial charge in [0.2, 0.25) is 5.88 Å². The summed E-state index contributed by atoms with van der Waals surface area (Å²) < 4.78 is 13.0. The lowest BCUT2D eigenvalue weighted by Gasteiger charge is -2.18. The highest BCUT2D eigenvalue weighted by molar-refractivity contribution is 6.99. The maximum absolute atomic E-state index is 9.68. The summed E-state index contributed by atoms with van der Waals surface area (Å²) in [6.45, 7) is 9.04. The summed E-state index contributed by atoms with van der Waals surface area (Å²) in [5, 5.41) is 12.9. The molecule has 1 heterocycles. The second-order valence-electron chi connectivity index (χ2n) is 3.94. The van der Waals surface area contributed by atoms with Gasteiger partial charge in [-0.1, -0.05) is 13.8 Å². The van der Waals surface area contributed by atoms with E-state index in [9.17, 15) is 5.11 Å². The Kier molecular flexibility index (Phi) is 7.83. The molecule has 0 amide bonds. The third kappa shape index (κ3) is 6.25. The Hall–Kier alpha value is -0.760. The Labute approximate surface area is 112 Å². The van der Waals surface area contributed by atoms with E-state index in [0.29, 0.717) is 12.4 Å². The van der Waals surface area contributed by atoms with Gasteiger partial charge in [-0.3, -0.25) is 0 Å². The highest BCUT2D eigenvalue weighted by Crippen LogP contribution is 2.04. The molecule has 0 aliphatic carbocycles. The number of likely N-dealkylation sites (N-methyl/N-ethyl adjacent to an activating group) is 1. The van der Waals surface area contributed by atoms with E-state index in [-0.39, 0.29) is 6.61 Å². The van der Waals surface area contributed by atoms with Gasteiger partial charge in [-0.15, -0.1) is 4.37 Å². The van der Waals surface area contributed by atoms with Gasteiger partial charge in [-0.05, 0) is 13.1 Å². The Bertz CT molecular complexity index is 293. The van der Waals surface area contributed by atoms with E-state index >= 15 is 0 Å². The van der Waals surface area contributed by atoms with E-state index in [1.165, 1.54) is 0 Å². The van der Waals surface area contributed by atoms with Crippen LogP contribution in [0.15, 0.2) is 6.20 Å². The number of nitrogens with zero attached hydrogens (tertiary/aromatic N) is 3. The number of rotatable bonds is 10. The van der Waals surface area contributed by atoms with E-state index in [1.807, 2.05) is 0 Å². The lowest BCUT2D eigenvalue weighted by atomic mass is 10.3. The van der Waals surface area contributed by atoms with Gasteiger partial charge in [0.25, 0.3) is 0 Å². The second kappa shape index (κ2) is 9.21. The molecule has 0 fully saturated rings. The van der Waals surface area contributed by atoms with E-state index in [4.69, 9.17) is 4.74 Å². The highest BCUT2D eigenvalue weighted by Gasteiger charge is 2.06. The minimum Gasteiger partial charge on any atom is -0.473 e. The van der Waals surface area contributed by atoms with Crippen LogP contribution in [0.3, 0.4) is 0 Å². The van der Waals surface area contributed by atoms with Crippen LogP contribution in [-0.2, 0) is 0 Å². The largest absolute Gasteiger partial charge is 0.473 e. The summed E-state index contributed by atoms with van der Waals surface area (Å²) in [5.74, 6) is 0.474. The van der Waals surface area contributed by atoms with Gasteiger partial charge in [0, 0.05) is 19.6 Å². The molecule has 0 radical (unpaired) electrons. The van der Waals surface area contributed by atoms with Crippen molar-refractivity contribution in [1.29, 1.82) is 0 Å². The van der Waals surface area contributed by atoms with Gasteiger partial charge in [-0.25, -0.2) is 0 Å². The number of nitrogens with one attached hydrogen (secondary N) is 1. The summed E-state index contributed by atoms with van der Waals surface area (Å²) in [6, 6.07) is 0. The predicted octanol–water partition coefficient (Wildman–Crippen LogP) is 0.209. The van der Waals surface area contributed by atoms with Gasteiger partial charge < -0.3 is 20.1 Å². The van der Waals surface area contributed by atoms with Crippen LogP contribution in [-0.4, -0.2) is 64.2 Å².